The molecule has 2 heterocycles. The minimum atomic E-state index is -1.12. The Labute approximate surface area is 172 Å². The van der Waals surface area contributed by atoms with Crippen molar-refractivity contribution >= 4 is 17.6 Å². The van der Waals surface area contributed by atoms with Gasteiger partial charge in [-0.1, -0.05) is 12.1 Å². The number of carbonyl (C=O) groups excluding carboxylic acids is 1. The average Bonchev–Trinajstić information content (AvgIpc) is 3.17. The van der Waals surface area contributed by atoms with E-state index >= 15 is 0 Å². The minimum absolute atomic E-state index is 0.0816. The highest BCUT2D eigenvalue weighted by Crippen LogP contribution is 2.51. The lowest BCUT2D eigenvalue weighted by Crippen LogP contribution is -2.27. The van der Waals surface area contributed by atoms with Gasteiger partial charge in [-0.25, -0.2) is 4.79 Å². The standard InChI is InChI=1S/C23H19NO6/c1-13-2-4-15(11-16(13)17-6-7-19(30-17)21(25)26)24-22(27)23(8-9-23)14-3-5-18-20(10-14)29-12-28-18/h2-7,10-11H,8-9,12H2,1H3,(H,24,27)(H,25,26). The van der Waals surface area contributed by atoms with Gasteiger partial charge < -0.3 is 24.3 Å². The zero-order valence-corrected chi connectivity index (χ0v) is 16.2. The number of amides is 1. The van der Waals surface area contributed by atoms with E-state index in [4.69, 9.17) is 19.0 Å². The Morgan fingerprint density at radius 1 is 1.00 bits per heavy atom. The summed E-state index contributed by atoms with van der Waals surface area (Å²) >= 11 is 0. The Hall–Kier alpha value is -3.74. The van der Waals surface area contributed by atoms with E-state index in [1.165, 1.54) is 6.07 Å². The van der Waals surface area contributed by atoms with Crippen LogP contribution in [0.1, 0.15) is 34.5 Å². The van der Waals surface area contributed by atoms with Crippen LogP contribution in [0.5, 0.6) is 11.5 Å². The number of carboxylic acids is 1. The van der Waals surface area contributed by atoms with Gasteiger partial charge in [0, 0.05) is 11.3 Å². The second-order valence-electron chi connectivity index (χ2n) is 7.60. The Balaban J connectivity index is 1.40. The molecule has 0 spiro atoms. The summed E-state index contributed by atoms with van der Waals surface area (Å²) in [4.78, 5) is 24.2. The van der Waals surface area contributed by atoms with Crippen molar-refractivity contribution < 1.29 is 28.6 Å². The van der Waals surface area contributed by atoms with Crippen LogP contribution in [0.2, 0.25) is 0 Å². The first-order valence-corrected chi connectivity index (χ1v) is 9.62. The number of furan rings is 1. The molecule has 0 saturated heterocycles. The molecule has 1 aliphatic heterocycles. The molecule has 1 amide bonds. The molecule has 2 aliphatic rings. The van der Waals surface area contributed by atoms with Crippen molar-refractivity contribution in [2.45, 2.75) is 25.2 Å². The number of aromatic carboxylic acids is 1. The number of fused-ring (bicyclic) bond motifs is 1. The van der Waals surface area contributed by atoms with Crippen LogP contribution < -0.4 is 14.8 Å². The number of carbonyl (C=O) groups is 2. The van der Waals surface area contributed by atoms with E-state index < -0.39 is 11.4 Å². The average molecular weight is 405 g/mol. The summed E-state index contributed by atoms with van der Waals surface area (Å²) in [7, 11) is 0. The molecular formula is C23H19NO6. The molecule has 0 radical (unpaired) electrons. The fourth-order valence-corrected chi connectivity index (χ4v) is 3.78. The van der Waals surface area contributed by atoms with Gasteiger partial charge in [0.2, 0.25) is 18.5 Å². The third kappa shape index (κ3) is 2.99. The van der Waals surface area contributed by atoms with E-state index in [-0.39, 0.29) is 18.5 Å². The van der Waals surface area contributed by atoms with Crippen LogP contribution in [0.25, 0.3) is 11.3 Å². The number of nitrogens with one attached hydrogen (secondary N) is 1. The van der Waals surface area contributed by atoms with Crippen LogP contribution >= 0.6 is 0 Å². The molecule has 7 heteroatoms. The maximum atomic E-state index is 13.1. The van der Waals surface area contributed by atoms with Crippen molar-refractivity contribution in [2.24, 2.45) is 0 Å². The summed E-state index contributed by atoms with van der Waals surface area (Å²) in [5, 5.41) is 12.1. The Kier molecular flexibility index (Phi) is 4.06. The van der Waals surface area contributed by atoms with Gasteiger partial charge in [0.15, 0.2) is 11.5 Å². The third-order valence-corrected chi connectivity index (χ3v) is 5.69. The molecule has 1 aliphatic carbocycles. The predicted molar refractivity (Wildman–Crippen MR) is 108 cm³/mol. The number of benzene rings is 2. The summed E-state index contributed by atoms with van der Waals surface area (Å²) in [5.74, 6) is 0.467. The second kappa shape index (κ2) is 6.66. The van der Waals surface area contributed by atoms with Crippen molar-refractivity contribution in [1.29, 1.82) is 0 Å². The maximum absolute atomic E-state index is 13.1. The molecule has 1 saturated carbocycles. The van der Waals surface area contributed by atoms with Crippen LogP contribution in [-0.4, -0.2) is 23.8 Å². The monoisotopic (exact) mass is 405 g/mol. The number of carboxylic acid groups (broad SMARTS) is 1. The second-order valence-corrected chi connectivity index (χ2v) is 7.60. The number of hydrogen-bond donors (Lipinski definition) is 2. The van der Waals surface area contributed by atoms with Crippen LogP contribution in [-0.2, 0) is 10.2 Å². The highest BCUT2D eigenvalue weighted by molar-refractivity contribution is 6.02. The van der Waals surface area contributed by atoms with Crippen LogP contribution in [0.3, 0.4) is 0 Å². The summed E-state index contributed by atoms with van der Waals surface area (Å²) in [5.41, 5.74) is 2.60. The fourth-order valence-electron chi connectivity index (χ4n) is 3.78. The molecule has 1 aromatic heterocycles. The SMILES string of the molecule is Cc1ccc(NC(=O)C2(c3ccc4c(c3)OCO4)CC2)cc1-c1ccc(C(=O)O)o1. The lowest BCUT2D eigenvalue weighted by molar-refractivity contribution is -0.118. The van der Waals surface area contributed by atoms with Crippen LogP contribution in [0.4, 0.5) is 5.69 Å². The van der Waals surface area contributed by atoms with Crippen LogP contribution in [0, 0.1) is 6.92 Å². The fraction of sp³-hybridized carbons (Fsp3) is 0.217. The number of hydrogen-bond acceptors (Lipinski definition) is 5. The van der Waals surface area contributed by atoms with Crippen molar-refractivity contribution in [3.8, 4) is 22.8 Å². The van der Waals surface area contributed by atoms with Crippen molar-refractivity contribution in [3.05, 3.63) is 65.4 Å². The number of rotatable bonds is 5. The summed E-state index contributed by atoms with van der Waals surface area (Å²) in [6, 6.07) is 14.2. The van der Waals surface area contributed by atoms with E-state index in [1.54, 1.807) is 12.1 Å². The van der Waals surface area contributed by atoms with Gasteiger partial charge in [0.05, 0.1) is 5.41 Å². The first-order valence-electron chi connectivity index (χ1n) is 9.62. The van der Waals surface area contributed by atoms with Crippen molar-refractivity contribution in [3.63, 3.8) is 0 Å². The molecule has 0 unspecified atom stereocenters. The van der Waals surface area contributed by atoms with Gasteiger partial charge in [-0.15, -0.1) is 0 Å². The molecule has 1 fully saturated rings. The molecule has 2 aromatic carbocycles. The minimum Gasteiger partial charge on any atom is -0.475 e. The predicted octanol–water partition coefficient (Wildman–Crippen LogP) is 4.35. The van der Waals surface area contributed by atoms with Crippen molar-refractivity contribution in [2.75, 3.05) is 12.1 Å². The number of aryl methyl sites for hydroxylation is 1. The molecule has 5 rings (SSSR count). The quantitative estimate of drug-likeness (QED) is 0.655. The lowest BCUT2D eigenvalue weighted by atomic mass is 9.94. The van der Waals surface area contributed by atoms with E-state index in [0.29, 0.717) is 22.9 Å². The van der Waals surface area contributed by atoms with Gasteiger partial charge in [0.1, 0.15) is 5.76 Å². The number of ether oxygens (including phenoxy) is 2. The zero-order chi connectivity index (χ0) is 20.9. The smallest absolute Gasteiger partial charge is 0.371 e. The molecule has 152 valence electrons. The van der Waals surface area contributed by atoms with Crippen LogP contribution in [0.15, 0.2) is 52.9 Å². The Morgan fingerprint density at radius 3 is 2.53 bits per heavy atom. The van der Waals surface area contributed by atoms with Gasteiger partial charge in [-0.05, 0) is 67.3 Å². The lowest BCUT2D eigenvalue weighted by Gasteiger charge is -2.17. The van der Waals surface area contributed by atoms with E-state index in [0.717, 1.165) is 29.5 Å². The highest BCUT2D eigenvalue weighted by atomic mass is 16.7. The Bertz CT molecular complexity index is 1170. The molecule has 2 N–H and O–H groups in total. The first kappa shape index (κ1) is 18.3. The molecule has 3 aromatic rings. The normalized spacial score (nSPS) is 15.6. The third-order valence-electron chi connectivity index (χ3n) is 5.69. The summed E-state index contributed by atoms with van der Waals surface area (Å²) < 4.78 is 16.2. The molecule has 0 atom stereocenters. The van der Waals surface area contributed by atoms with E-state index in [2.05, 4.69) is 5.32 Å². The van der Waals surface area contributed by atoms with Gasteiger partial charge >= 0.3 is 5.97 Å². The van der Waals surface area contributed by atoms with Gasteiger partial charge in [0.25, 0.3) is 0 Å². The molecule has 30 heavy (non-hydrogen) atoms. The molecule has 0 bridgehead atoms. The zero-order valence-electron chi connectivity index (χ0n) is 16.2. The highest BCUT2D eigenvalue weighted by Gasteiger charge is 2.51. The number of anilines is 1. The summed E-state index contributed by atoms with van der Waals surface area (Å²) in [6.07, 6.45) is 1.52. The largest absolute Gasteiger partial charge is 0.475 e. The molecular weight excluding hydrogens is 386 g/mol. The first-order chi connectivity index (χ1) is 14.5. The Morgan fingerprint density at radius 2 is 1.80 bits per heavy atom. The van der Waals surface area contributed by atoms with E-state index in [9.17, 15) is 9.59 Å². The topological polar surface area (TPSA) is 98.0 Å². The van der Waals surface area contributed by atoms with Gasteiger partial charge in [-0.2, -0.15) is 0 Å². The summed E-state index contributed by atoms with van der Waals surface area (Å²) in [6.45, 7) is 2.10. The van der Waals surface area contributed by atoms with E-state index in [1.807, 2.05) is 37.3 Å². The van der Waals surface area contributed by atoms with Crippen molar-refractivity contribution in [1.82, 2.24) is 0 Å². The van der Waals surface area contributed by atoms with Gasteiger partial charge in [-0.3, -0.25) is 4.79 Å². The maximum Gasteiger partial charge on any atom is 0.371 e. The molecule has 7 nitrogen and oxygen atoms in total.